The molecule has 2 aromatic rings. The molecule has 1 heterocycles. The van der Waals surface area contributed by atoms with Crippen LogP contribution in [0.15, 0.2) is 54.6 Å². The first kappa shape index (κ1) is 18.5. The number of carbonyl (C=O) groups excluding carboxylic acids is 1. The second kappa shape index (κ2) is 7.92. The summed E-state index contributed by atoms with van der Waals surface area (Å²) in [5.41, 5.74) is 6.56. The number of hydrogen-bond acceptors (Lipinski definition) is 4. The third-order valence-corrected chi connectivity index (χ3v) is 4.46. The molecular formula is C22H28N2O2. The van der Waals surface area contributed by atoms with Crippen LogP contribution in [0.4, 0.5) is 5.69 Å². The van der Waals surface area contributed by atoms with Crippen LogP contribution in [0.2, 0.25) is 0 Å². The highest BCUT2D eigenvalue weighted by atomic mass is 16.6. The molecule has 1 atom stereocenters. The van der Waals surface area contributed by atoms with Crippen LogP contribution in [0.5, 0.6) is 0 Å². The molecule has 138 valence electrons. The average molecular weight is 352 g/mol. The topological polar surface area (TPSA) is 41.6 Å². The van der Waals surface area contributed by atoms with Crippen molar-refractivity contribution in [3.63, 3.8) is 0 Å². The third kappa shape index (κ3) is 5.09. The normalized spacial score (nSPS) is 17.7. The quantitative estimate of drug-likeness (QED) is 0.842. The lowest BCUT2D eigenvalue weighted by atomic mass is 9.98. The van der Waals surface area contributed by atoms with Crippen molar-refractivity contribution < 1.29 is 9.53 Å². The summed E-state index contributed by atoms with van der Waals surface area (Å²) >= 11 is 0. The summed E-state index contributed by atoms with van der Waals surface area (Å²) in [5, 5.41) is 2.15. The molecule has 0 radical (unpaired) electrons. The standard InChI is InChI=1S/C22H28N2O2/c1-22(2,3)26-21(25)19-15-18-11-7-8-12-20(18)23-24(16-19)14-13-17-9-5-4-6-10-17/h4-12,19,23H,13-16H2,1-3H3. The number of rotatable bonds is 4. The molecule has 2 aromatic carbocycles. The van der Waals surface area contributed by atoms with E-state index < -0.39 is 5.60 Å². The second-order valence-corrected chi connectivity index (χ2v) is 7.89. The number of benzene rings is 2. The van der Waals surface area contributed by atoms with Gasteiger partial charge in [-0.3, -0.25) is 4.79 Å². The van der Waals surface area contributed by atoms with Crippen LogP contribution in [-0.4, -0.2) is 29.7 Å². The van der Waals surface area contributed by atoms with E-state index >= 15 is 0 Å². The predicted molar refractivity (Wildman–Crippen MR) is 105 cm³/mol. The van der Waals surface area contributed by atoms with E-state index in [2.05, 4.69) is 46.8 Å². The molecule has 0 saturated heterocycles. The van der Waals surface area contributed by atoms with Gasteiger partial charge < -0.3 is 10.2 Å². The largest absolute Gasteiger partial charge is 0.460 e. The van der Waals surface area contributed by atoms with Gasteiger partial charge in [0.2, 0.25) is 0 Å². The van der Waals surface area contributed by atoms with E-state index in [0.29, 0.717) is 13.0 Å². The highest BCUT2D eigenvalue weighted by Crippen LogP contribution is 2.26. The van der Waals surface area contributed by atoms with Crippen LogP contribution in [0.3, 0.4) is 0 Å². The monoisotopic (exact) mass is 352 g/mol. The molecule has 26 heavy (non-hydrogen) atoms. The maximum atomic E-state index is 12.7. The summed E-state index contributed by atoms with van der Waals surface area (Å²) in [6.07, 6.45) is 1.62. The number of fused-ring (bicyclic) bond motifs is 1. The van der Waals surface area contributed by atoms with Gasteiger partial charge in [0.1, 0.15) is 5.60 Å². The number of para-hydroxylation sites is 1. The molecule has 0 aromatic heterocycles. The Labute approximate surface area is 156 Å². The maximum absolute atomic E-state index is 12.7. The molecule has 4 heteroatoms. The van der Waals surface area contributed by atoms with Crippen molar-refractivity contribution in [2.45, 2.75) is 39.2 Å². The number of ether oxygens (including phenoxy) is 1. The van der Waals surface area contributed by atoms with Crippen molar-refractivity contribution in [3.8, 4) is 0 Å². The summed E-state index contributed by atoms with van der Waals surface area (Å²) < 4.78 is 5.67. The fraction of sp³-hybridized carbons (Fsp3) is 0.409. The molecule has 1 aliphatic heterocycles. The Balaban J connectivity index is 1.75. The fourth-order valence-electron chi connectivity index (χ4n) is 3.22. The minimum atomic E-state index is -0.467. The van der Waals surface area contributed by atoms with Crippen molar-refractivity contribution in [1.29, 1.82) is 0 Å². The molecule has 3 rings (SSSR count). The summed E-state index contributed by atoms with van der Waals surface area (Å²) in [4.78, 5) is 12.7. The van der Waals surface area contributed by atoms with Crippen LogP contribution in [-0.2, 0) is 22.4 Å². The minimum absolute atomic E-state index is 0.124. The molecule has 1 aliphatic rings. The van der Waals surface area contributed by atoms with Crippen LogP contribution < -0.4 is 5.43 Å². The lowest BCUT2D eigenvalue weighted by Crippen LogP contribution is -2.39. The highest BCUT2D eigenvalue weighted by molar-refractivity contribution is 5.74. The zero-order valence-electron chi connectivity index (χ0n) is 15.9. The third-order valence-electron chi connectivity index (χ3n) is 4.46. The van der Waals surface area contributed by atoms with Gasteiger partial charge >= 0.3 is 5.97 Å². The first-order valence-corrected chi connectivity index (χ1v) is 9.27. The van der Waals surface area contributed by atoms with Gasteiger partial charge in [-0.2, -0.15) is 0 Å². The molecule has 0 aliphatic carbocycles. The van der Waals surface area contributed by atoms with Gasteiger partial charge in [-0.15, -0.1) is 0 Å². The molecule has 0 bridgehead atoms. The molecular weight excluding hydrogens is 324 g/mol. The Morgan fingerprint density at radius 3 is 2.54 bits per heavy atom. The maximum Gasteiger partial charge on any atom is 0.311 e. The Kier molecular flexibility index (Phi) is 5.62. The number of carbonyl (C=O) groups is 1. The van der Waals surface area contributed by atoms with E-state index in [1.54, 1.807) is 0 Å². The van der Waals surface area contributed by atoms with Gasteiger partial charge in [-0.05, 0) is 50.8 Å². The number of anilines is 1. The molecule has 0 amide bonds. The molecule has 0 spiro atoms. The van der Waals surface area contributed by atoms with E-state index in [1.807, 2.05) is 39.0 Å². The van der Waals surface area contributed by atoms with E-state index in [0.717, 1.165) is 24.2 Å². The highest BCUT2D eigenvalue weighted by Gasteiger charge is 2.30. The molecule has 1 unspecified atom stereocenters. The van der Waals surface area contributed by atoms with Crippen molar-refractivity contribution in [2.24, 2.45) is 5.92 Å². The van der Waals surface area contributed by atoms with Crippen LogP contribution in [0, 0.1) is 5.92 Å². The summed E-state index contributed by atoms with van der Waals surface area (Å²) in [6.45, 7) is 7.22. The van der Waals surface area contributed by atoms with Crippen molar-refractivity contribution >= 4 is 11.7 Å². The fourth-order valence-corrected chi connectivity index (χ4v) is 3.22. The number of nitrogens with one attached hydrogen (secondary N) is 1. The van der Waals surface area contributed by atoms with Crippen molar-refractivity contribution in [3.05, 3.63) is 65.7 Å². The molecule has 1 N–H and O–H groups in total. The van der Waals surface area contributed by atoms with Crippen LogP contribution in [0.1, 0.15) is 31.9 Å². The van der Waals surface area contributed by atoms with E-state index in [9.17, 15) is 4.79 Å². The number of hydrazine groups is 1. The van der Waals surface area contributed by atoms with E-state index in [-0.39, 0.29) is 11.9 Å². The first-order chi connectivity index (χ1) is 12.4. The zero-order chi connectivity index (χ0) is 18.6. The van der Waals surface area contributed by atoms with Gasteiger partial charge in [0, 0.05) is 13.1 Å². The Bertz CT molecular complexity index is 737. The summed E-state index contributed by atoms with van der Waals surface area (Å²) in [5.74, 6) is -0.304. The lowest BCUT2D eigenvalue weighted by Gasteiger charge is -2.27. The van der Waals surface area contributed by atoms with E-state index in [4.69, 9.17) is 4.74 Å². The molecule has 0 saturated carbocycles. The predicted octanol–water partition coefficient (Wildman–Crippen LogP) is 4.07. The average Bonchev–Trinajstić information content (AvgIpc) is 2.78. The van der Waals surface area contributed by atoms with Gasteiger partial charge in [0.05, 0.1) is 11.6 Å². The smallest absolute Gasteiger partial charge is 0.311 e. The zero-order valence-corrected chi connectivity index (χ0v) is 15.9. The van der Waals surface area contributed by atoms with Crippen LogP contribution >= 0.6 is 0 Å². The van der Waals surface area contributed by atoms with Crippen LogP contribution in [0.25, 0.3) is 0 Å². The van der Waals surface area contributed by atoms with Gasteiger partial charge in [0.15, 0.2) is 0 Å². The Morgan fingerprint density at radius 2 is 1.81 bits per heavy atom. The lowest BCUT2D eigenvalue weighted by molar-refractivity contribution is -0.160. The summed E-state index contributed by atoms with van der Waals surface area (Å²) in [7, 11) is 0. The second-order valence-electron chi connectivity index (χ2n) is 7.89. The Hall–Kier alpha value is -2.33. The van der Waals surface area contributed by atoms with Gasteiger partial charge in [-0.1, -0.05) is 48.5 Å². The van der Waals surface area contributed by atoms with E-state index in [1.165, 1.54) is 5.56 Å². The minimum Gasteiger partial charge on any atom is -0.460 e. The number of hydrogen-bond donors (Lipinski definition) is 1. The summed E-state index contributed by atoms with van der Waals surface area (Å²) in [6, 6.07) is 18.6. The number of esters is 1. The number of nitrogens with zero attached hydrogens (tertiary/aromatic N) is 1. The van der Waals surface area contributed by atoms with Crippen molar-refractivity contribution in [2.75, 3.05) is 18.5 Å². The SMILES string of the molecule is CC(C)(C)OC(=O)C1Cc2ccccc2NN(CCc2ccccc2)C1. The first-order valence-electron chi connectivity index (χ1n) is 9.27. The molecule has 4 nitrogen and oxygen atoms in total. The van der Waals surface area contributed by atoms with Crippen molar-refractivity contribution in [1.82, 2.24) is 5.01 Å². The van der Waals surface area contributed by atoms with Gasteiger partial charge in [0.25, 0.3) is 0 Å². The molecule has 0 fully saturated rings. The van der Waals surface area contributed by atoms with Gasteiger partial charge in [-0.25, -0.2) is 5.01 Å². The Morgan fingerprint density at radius 1 is 1.12 bits per heavy atom.